The van der Waals surface area contributed by atoms with Gasteiger partial charge in [-0.2, -0.15) is 15.2 Å². The predicted molar refractivity (Wildman–Crippen MR) is 278 cm³/mol. The van der Waals surface area contributed by atoms with Crippen molar-refractivity contribution in [3.8, 4) is 16.9 Å². The summed E-state index contributed by atoms with van der Waals surface area (Å²) >= 11 is 3.63. The van der Waals surface area contributed by atoms with Gasteiger partial charge in [-0.1, -0.05) is 42.5 Å². The molecule has 10 rings (SSSR count). The molecule has 0 spiro atoms. The van der Waals surface area contributed by atoms with Gasteiger partial charge in [0, 0.05) is 85.6 Å². The molecule has 3 aliphatic rings. The van der Waals surface area contributed by atoms with Gasteiger partial charge < -0.3 is 29.7 Å². The molecule has 3 N–H and O–H groups in total. The highest BCUT2D eigenvalue weighted by atomic mass is 79.9. The first-order chi connectivity index (χ1) is 33.7. The predicted octanol–water partition coefficient (Wildman–Crippen LogP) is 7.70. The van der Waals surface area contributed by atoms with Crippen molar-refractivity contribution in [1.29, 1.82) is 0 Å². The van der Waals surface area contributed by atoms with Crippen LogP contribution >= 0.6 is 23.1 Å². The van der Waals surface area contributed by atoms with Gasteiger partial charge in [0.1, 0.15) is 24.8 Å². The van der Waals surface area contributed by atoms with E-state index in [0.717, 1.165) is 75.4 Å². The maximum Gasteiger partial charge on any atom is 0.251 e. The minimum atomic E-state index is -2.72. The number of carbonyl (C=O) groups excluding carboxylic acids is 3. The van der Waals surface area contributed by atoms with Gasteiger partial charge in [0.05, 0.1) is 46.9 Å². The Kier molecular flexibility index (Phi) is 13.0. The Morgan fingerprint density at radius 3 is 2.44 bits per heavy atom. The van der Waals surface area contributed by atoms with Crippen molar-refractivity contribution in [2.24, 2.45) is 7.05 Å². The zero-order valence-corrected chi connectivity index (χ0v) is 42.4. The summed E-state index contributed by atoms with van der Waals surface area (Å²) in [7, 11) is 0.807. The van der Waals surface area contributed by atoms with E-state index in [1.165, 1.54) is 5.56 Å². The number of hydrogen-bond donors (Lipinski definition) is 3. The van der Waals surface area contributed by atoms with Gasteiger partial charge in [-0.3, -0.25) is 34.0 Å². The maximum absolute atomic E-state index is 13.9. The van der Waals surface area contributed by atoms with E-state index in [2.05, 4.69) is 57.8 Å². The highest BCUT2D eigenvalue weighted by molar-refractivity contribution is 9.10. The molecule has 70 heavy (non-hydrogen) atoms. The largest absolute Gasteiger partial charge is 0.494 e. The number of fused-ring (bicyclic) bond motifs is 2. The standard InChI is InChI=1S/C51H56BrN12O5P/c1-31-47-35(11-8-12-41(47)64(59-31)42-15-16-45(65)57-50(42)67)33-17-19-61(20-18-33)30-46(66)63-23-21-62(22-24-63)43-26-44(69-3)40(25-37(43)34-27-54-60(2)29-34)56-51-53-28-38(52)49(58-51)55-39-14-13-32-9-6-7-10-36(32)48(39)70(4,5)68/h6-14,25-29,33,42H,15-24,30H2,1-5H3,(H,57,65,67)(H2,53,55,56,58). The first-order valence-corrected chi connectivity index (χ1v) is 27.0. The number of amides is 3. The molecule has 0 aliphatic carbocycles. The van der Waals surface area contributed by atoms with Crippen molar-refractivity contribution in [1.82, 2.24) is 44.6 Å². The van der Waals surface area contributed by atoms with E-state index in [9.17, 15) is 18.9 Å². The third-order valence-electron chi connectivity index (χ3n) is 13.8. The molecule has 3 fully saturated rings. The summed E-state index contributed by atoms with van der Waals surface area (Å²) in [6, 6.07) is 21.7. The van der Waals surface area contributed by atoms with E-state index in [0.29, 0.717) is 84.8 Å². The van der Waals surface area contributed by atoms with Crippen LogP contribution in [-0.4, -0.2) is 123 Å². The lowest BCUT2D eigenvalue weighted by Gasteiger charge is -2.39. The number of piperidine rings is 2. The summed E-state index contributed by atoms with van der Waals surface area (Å²) in [5, 5.41) is 22.4. The van der Waals surface area contributed by atoms with E-state index in [1.807, 2.05) is 91.9 Å². The fraction of sp³-hybridized carbons (Fsp3) is 0.353. The molecule has 0 radical (unpaired) electrons. The van der Waals surface area contributed by atoms with Crippen molar-refractivity contribution >= 4 is 96.6 Å². The average Bonchev–Trinajstić information content (AvgIpc) is 3.94. The number of imide groups is 1. The SMILES string of the molecule is COc1cc(N2CCN(C(=O)CN3CCC(c4cccc5c4c(C)nn5C4CCC(=O)NC4=O)CC3)CC2)c(-c2cnn(C)c2)cc1Nc1ncc(Br)c(Nc2ccc3ccccc3c2P(C)(C)=O)n1. The monoisotopic (exact) mass is 1030 g/mol. The second kappa shape index (κ2) is 19.3. The van der Waals surface area contributed by atoms with E-state index in [4.69, 9.17) is 14.8 Å². The summed E-state index contributed by atoms with van der Waals surface area (Å²) in [4.78, 5) is 54.5. The fourth-order valence-corrected chi connectivity index (χ4v) is 12.2. The quantitative estimate of drug-likeness (QED) is 0.0800. The average molecular weight is 1030 g/mol. The van der Waals surface area contributed by atoms with Crippen LogP contribution in [0.15, 0.2) is 89.8 Å². The van der Waals surface area contributed by atoms with Gasteiger partial charge in [-0.05, 0) is 109 Å². The summed E-state index contributed by atoms with van der Waals surface area (Å²) in [5.74, 6) is 1.31. The van der Waals surface area contributed by atoms with Crippen LogP contribution in [0.5, 0.6) is 5.75 Å². The number of ether oxygens (including phenoxy) is 1. The van der Waals surface area contributed by atoms with Crippen LogP contribution in [0.1, 0.15) is 48.9 Å². The third kappa shape index (κ3) is 9.39. The molecule has 0 saturated carbocycles. The van der Waals surface area contributed by atoms with Crippen molar-refractivity contribution in [3.05, 3.63) is 101 Å². The smallest absolute Gasteiger partial charge is 0.251 e. The summed E-state index contributed by atoms with van der Waals surface area (Å²) in [5.41, 5.74) is 7.20. The summed E-state index contributed by atoms with van der Waals surface area (Å²) < 4.78 is 23.9. The number of hydrogen-bond acceptors (Lipinski definition) is 13. The molecule has 3 amide bonds. The van der Waals surface area contributed by atoms with Crippen LogP contribution in [0.3, 0.4) is 0 Å². The van der Waals surface area contributed by atoms with Gasteiger partial charge in [-0.15, -0.1) is 0 Å². The number of nitrogens with zero attached hydrogens (tertiary/aromatic N) is 9. The van der Waals surface area contributed by atoms with Gasteiger partial charge in [0.2, 0.25) is 17.8 Å². The van der Waals surface area contributed by atoms with Crippen LogP contribution in [0.2, 0.25) is 0 Å². The number of nitrogens with one attached hydrogen (secondary N) is 3. The van der Waals surface area contributed by atoms with Crippen LogP contribution < -0.4 is 30.9 Å². The fourth-order valence-electron chi connectivity index (χ4n) is 10.4. The van der Waals surface area contributed by atoms with E-state index >= 15 is 0 Å². The molecule has 6 heterocycles. The molecule has 4 aromatic carbocycles. The Labute approximate surface area is 414 Å². The minimum Gasteiger partial charge on any atom is -0.494 e. The van der Waals surface area contributed by atoms with E-state index in [-0.39, 0.29) is 17.7 Å². The number of halogens is 1. The lowest BCUT2D eigenvalue weighted by Crippen LogP contribution is -2.52. The molecular weight excluding hydrogens is 972 g/mol. The maximum atomic E-state index is 13.9. The Morgan fingerprint density at radius 2 is 1.71 bits per heavy atom. The van der Waals surface area contributed by atoms with Crippen LogP contribution in [0, 0.1) is 6.92 Å². The Morgan fingerprint density at radius 1 is 0.929 bits per heavy atom. The highest BCUT2D eigenvalue weighted by Gasteiger charge is 2.33. The number of rotatable bonds is 12. The van der Waals surface area contributed by atoms with Gasteiger partial charge in [0.25, 0.3) is 5.91 Å². The number of benzene rings is 4. The first kappa shape index (κ1) is 47.1. The molecule has 19 heteroatoms. The number of anilines is 5. The van der Waals surface area contributed by atoms with Crippen molar-refractivity contribution < 1.29 is 23.7 Å². The molecule has 3 saturated heterocycles. The van der Waals surface area contributed by atoms with Crippen molar-refractivity contribution in [2.45, 2.75) is 44.6 Å². The molecule has 3 aromatic heterocycles. The molecular formula is C51H56BrN12O5P. The van der Waals surface area contributed by atoms with Gasteiger partial charge >= 0.3 is 0 Å². The molecule has 1 atom stereocenters. The van der Waals surface area contributed by atoms with Crippen LogP contribution in [0.25, 0.3) is 32.8 Å². The zero-order chi connectivity index (χ0) is 48.8. The lowest BCUT2D eigenvalue weighted by molar-refractivity contribution is -0.136. The normalized spacial score (nSPS) is 17.3. The van der Waals surface area contributed by atoms with Gasteiger partial charge in [0.15, 0.2) is 0 Å². The minimum absolute atomic E-state index is 0.129. The number of piperazine rings is 1. The van der Waals surface area contributed by atoms with E-state index < -0.39 is 13.2 Å². The highest BCUT2D eigenvalue weighted by Crippen LogP contribution is 2.44. The molecule has 362 valence electrons. The number of aromatic nitrogens is 6. The number of methoxy groups -OCH3 is 1. The Hall–Kier alpha value is -6.62. The first-order valence-electron chi connectivity index (χ1n) is 23.6. The molecule has 3 aliphatic heterocycles. The molecule has 7 aromatic rings. The van der Waals surface area contributed by atoms with Crippen LogP contribution in [-0.2, 0) is 26.0 Å². The molecule has 17 nitrogen and oxygen atoms in total. The van der Waals surface area contributed by atoms with Gasteiger partial charge in [-0.25, -0.2) is 4.98 Å². The number of aryl methyl sites for hydroxylation is 2. The Balaban J connectivity index is 0.811. The van der Waals surface area contributed by atoms with Crippen LogP contribution in [0.4, 0.5) is 28.8 Å². The molecule has 0 bridgehead atoms. The number of carbonyl (C=O) groups is 3. The lowest BCUT2D eigenvalue weighted by atomic mass is 9.87. The summed E-state index contributed by atoms with van der Waals surface area (Å²) in [6.45, 7) is 9.95. The van der Waals surface area contributed by atoms with Crippen molar-refractivity contribution in [3.63, 3.8) is 0 Å². The zero-order valence-electron chi connectivity index (χ0n) is 39.9. The Bertz CT molecular complexity index is 3220. The third-order valence-corrected chi connectivity index (χ3v) is 16.0. The summed E-state index contributed by atoms with van der Waals surface area (Å²) in [6.07, 6.45) is 8.05. The van der Waals surface area contributed by atoms with Crippen molar-refractivity contribution in [2.75, 3.05) is 81.8 Å². The topological polar surface area (TPSA) is 185 Å². The van der Waals surface area contributed by atoms with E-state index in [1.54, 1.807) is 36.0 Å². The molecule has 1 unspecified atom stereocenters. The number of likely N-dealkylation sites (tertiary alicyclic amines) is 1. The second-order valence-corrected chi connectivity index (χ2v) is 22.8. The second-order valence-electron chi connectivity index (χ2n) is 18.8.